The van der Waals surface area contributed by atoms with Crippen LogP contribution in [0.15, 0.2) is 0 Å². The van der Waals surface area contributed by atoms with Crippen LogP contribution in [0.5, 0.6) is 0 Å². The molecule has 0 aromatic heterocycles. The number of alkyl halides is 2. The topological polar surface area (TPSA) is 26.0 Å². The molecule has 0 aromatic rings. The Balaban J connectivity index is 2.66. The summed E-state index contributed by atoms with van der Waals surface area (Å²) < 4.78 is 25.2. The fourth-order valence-corrected chi connectivity index (χ4v) is 2.37. The van der Waals surface area contributed by atoms with E-state index in [0.29, 0.717) is 12.3 Å². The summed E-state index contributed by atoms with van der Waals surface area (Å²) in [7, 11) is 0. The van der Waals surface area contributed by atoms with Gasteiger partial charge in [0.15, 0.2) is 0 Å². The van der Waals surface area contributed by atoms with E-state index in [1.807, 2.05) is 0 Å². The van der Waals surface area contributed by atoms with Gasteiger partial charge in [0.1, 0.15) is 0 Å². The van der Waals surface area contributed by atoms with Gasteiger partial charge in [0.2, 0.25) is 0 Å². The van der Waals surface area contributed by atoms with Crippen molar-refractivity contribution in [3.05, 3.63) is 0 Å². The van der Waals surface area contributed by atoms with Gasteiger partial charge in [-0.1, -0.05) is 27.7 Å². The largest absolute Gasteiger partial charge is 0.321 e. The minimum atomic E-state index is -2.44. The van der Waals surface area contributed by atoms with Crippen molar-refractivity contribution in [1.29, 1.82) is 0 Å². The van der Waals surface area contributed by atoms with E-state index in [1.54, 1.807) is 0 Å². The highest BCUT2D eigenvalue weighted by Gasteiger charge is 2.65. The summed E-state index contributed by atoms with van der Waals surface area (Å²) in [6.07, 6.45) is -2.03. The molecule has 0 amide bonds. The maximum atomic E-state index is 12.6. The maximum absolute atomic E-state index is 12.6. The zero-order valence-corrected chi connectivity index (χ0v) is 9.70. The van der Waals surface area contributed by atoms with Crippen LogP contribution < -0.4 is 5.73 Å². The van der Waals surface area contributed by atoms with Crippen molar-refractivity contribution in [2.75, 3.05) is 0 Å². The average Bonchev–Trinajstić information content (AvgIpc) is 2.32. The van der Waals surface area contributed by atoms with E-state index in [1.165, 1.54) is 6.92 Å². The molecular formula is C11H21F2N. The number of halogens is 2. The summed E-state index contributed by atoms with van der Waals surface area (Å²) in [5.74, 6) is 0.305. The zero-order valence-electron chi connectivity index (χ0n) is 9.70. The van der Waals surface area contributed by atoms with Gasteiger partial charge in [0.25, 0.3) is 6.43 Å². The number of nitrogens with two attached hydrogens (primary N) is 1. The molecule has 84 valence electrons. The van der Waals surface area contributed by atoms with Gasteiger partial charge in [-0.3, -0.25) is 0 Å². The van der Waals surface area contributed by atoms with Gasteiger partial charge in [0, 0.05) is 0 Å². The van der Waals surface area contributed by atoms with Crippen LogP contribution in [0, 0.1) is 16.7 Å². The molecule has 0 spiro atoms. The summed E-state index contributed by atoms with van der Waals surface area (Å²) >= 11 is 0. The summed E-state index contributed by atoms with van der Waals surface area (Å²) in [5.41, 5.74) is 4.54. The van der Waals surface area contributed by atoms with Gasteiger partial charge in [-0.2, -0.15) is 0 Å². The third-order valence-electron chi connectivity index (χ3n) is 4.46. The van der Waals surface area contributed by atoms with Gasteiger partial charge in [-0.25, -0.2) is 8.78 Å². The molecule has 1 unspecified atom stereocenters. The van der Waals surface area contributed by atoms with Crippen molar-refractivity contribution in [2.45, 2.75) is 53.0 Å². The number of rotatable bonds is 3. The van der Waals surface area contributed by atoms with Gasteiger partial charge in [-0.15, -0.1) is 0 Å². The van der Waals surface area contributed by atoms with Crippen LogP contribution in [0.3, 0.4) is 0 Å². The first-order valence-electron chi connectivity index (χ1n) is 5.10. The van der Waals surface area contributed by atoms with Crippen LogP contribution in [0.25, 0.3) is 0 Å². The van der Waals surface area contributed by atoms with Crippen molar-refractivity contribution < 1.29 is 8.78 Å². The Morgan fingerprint density at radius 1 is 1.21 bits per heavy atom. The van der Waals surface area contributed by atoms with Gasteiger partial charge >= 0.3 is 0 Å². The highest BCUT2D eigenvalue weighted by atomic mass is 19.3. The van der Waals surface area contributed by atoms with Crippen LogP contribution in [0.2, 0.25) is 0 Å². The average molecular weight is 205 g/mol. The van der Waals surface area contributed by atoms with Crippen LogP contribution in [-0.4, -0.2) is 12.0 Å². The van der Waals surface area contributed by atoms with E-state index < -0.39 is 12.0 Å². The lowest BCUT2D eigenvalue weighted by molar-refractivity contribution is 0.0526. The van der Waals surface area contributed by atoms with E-state index in [2.05, 4.69) is 27.7 Å². The standard InChI is InChI=1S/C11H21F2N/c1-9(2)7(10(9,3)4)6-11(5,14)8(12)13/h7-8H,6,14H2,1-5H3. The van der Waals surface area contributed by atoms with Crippen molar-refractivity contribution in [2.24, 2.45) is 22.5 Å². The molecule has 0 saturated heterocycles. The van der Waals surface area contributed by atoms with Crippen molar-refractivity contribution in [3.63, 3.8) is 0 Å². The second-order valence-corrected chi connectivity index (χ2v) is 6.01. The normalized spacial score (nSPS) is 28.9. The second kappa shape index (κ2) is 2.91. The molecule has 0 bridgehead atoms. The molecule has 1 aliphatic rings. The third-order valence-corrected chi connectivity index (χ3v) is 4.46. The second-order valence-electron chi connectivity index (χ2n) is 6.01. The molecule has 2 N–H and O–H groups in total. The van der Waals surface area contributed by atoms with Crippen LogP contribution >= 0.6 is 0 Å². The first-order valence-corrected chi connectivity index (χ1v) is 5.10. The predicted molar refractivity (Wildman–Crippen MR) is 54.3 cm³/mol. The fraction of sp³-hybridized carbons (Fsp3) is 1.00. The summed E-state index contributed by atoms with van der Waals surface area (Å²) in [5, 5.41) is 0. The highest BCUT2D eigenvalue weighted by Crippen LogP contribution is 2.70. The molecule has 1 atom stereocenters. The predicted octanol–water partition coefficient (Wildman–Crippen LogP) is 3.04. The Bertz CT molecular complexity index is 217. The molecule has 1 saturated carbocycles. The molecule has 0 heterocycles. The highest BCUT2D eigenvalue weighted by molar-refractivity contribution is 5.14. The number of hydrogen-bond acceptors (Lipinski definition) is 1. The minimum Gasteiger partial charge on any atom is -0.321 e. The van der Waals surface area contributed by atoms with E-state index in [0.717, 1.165) is 0 Å². The Kier molecular flexibility index (Phi) is 2.47. The lowest BCUT2D eigenvalue weighted by Crippen LogP contribution is -2.44. The lowest BCUT2D eigenvalue weighted by atomic mass is 9.93. The zero-order chi connectivity index (χ0) is 11.4. The monoisotopic (exact) mass is 205 g/mol. The maximum Gasteiger partial charge on any atom is 0.256 e. The molecule has 1 nitrogen and oxygen atoms in total. The van der Waals surface area contributed by atoms with Crippen LogP contribution in [-0.2, 0) is 0 Å². The third kappa shape index (κ3) is 1.56. The summed E-state index contributed by atoms with van der Waals surface area (Å²) in [6, 6.07) is 0. The molecule has 1 aliphatic carbocycles. The van der Waals surface area contributed by atoms with Gasteiger partial charge < -0.3 is 5.73 Å². The Morgan fingerprint density at radius 2 is 1.57 bits per heavy atom. The van der Waals surface area contributed by atoms with Gasteiger partial charge in [-0.05, 0) is 30.1 Å². The van der Waals surface area contributed by atoms with E-state index in [4.69, 9.17) is 5.73 Å². The number of hydrogen-bond donors (Lipinski definition) is 1. The van der Waals surface area contributed by atoms with Crippen molar-refractivity contribution in [1.82, 2.24) is 0 Å². The fourth-order valence-electron chi connectivity index (χ4n) is 2.37. The first kappa shape index (κ1) is 11.9. The summed E-state index contributed by atoms with van der Waals surface area (Å²) in [4.78, 5) is 0. The molecule has 3 heteroatoms. The van der Waals surface area contributed by atoms with Crippen LogP contribution in [0.1, 0.15) is 41.0 Å². The molecule has 0 aromatic carbocycles. The summed E-state index contributed by atoms with van der Waals surface area (Å²) in [6.45, 7) is 9.94. The molecule has 0 radical (unpaired) electrons. The van der Waals surface area contributed by atoms with Crippen molar-refractivity contribution >= 4 is 0 Å². The van der Waals surface area contributed by atoms with E-state index in [9.17, 15) is 8.78 Å². The smallest absolute Gasteiger partial charge is 0.256 e. The molecule has 1 rings (SSSR count). The first-order chi connectivity index (χ1) is 6.03. The molecule has 14 heavy (non-hydrogen) atoms. The SMILES string of the molecule is CC(N)(CC1C(C)(C)C1(C)C)C(F)F. The Labute approximate surface area is 85.1 Å². The van der Waals surface area contributed by atoms with Gasteiger partial charge in [0.05, 0.1) is 5.54 Å². The molecule has 0 aliphatic heterocycles. The quantitative estimate of drug-likeness (QED) is 0.753. The van der Waals surface area contributed by atoms with E-state index >= 15 is 0 Å². The van der Waals surface area contributed by atoms with Crippen LogP contribution in [0.4, 0.5) is 8.78 Å². The minimum absolute atomic E-state index is 0.141. The van der Waals surface area contributed by atoms with Crippen molar-refractivity contribution in [3.8, 4) is 0 Å². The Hall–Kier alpha value is -0.180. The Morgan fingerprint density at radius 3 is 1.79 bits per heavy atom. The molecule has 1 fully saturated rings. The lowest BCUT2D eigenvalue weighted by Gasteiger charge is -2.24. The molecular weight excluding hydrogens is 184 g/mol. The van der Waals surface area contributed by atoms with E-state index in [-0.39, 0.29) is 10.8 Å².